The Hall–Kier alpha value is -1.37. The Morgan fingerprint density at radius 3 is 2.33 bits per heavy atom. The predicted octanol–water partition coefficient (Wildman–Crippen LogP) is 3.36. The van der Waals surface area contributed by atoms with Crippen molar-refractivity contribution in [3.8, 4) is 0 Å². The van der Waals surface area contributed by atoms with E-state index >= 15 is 0 Å². The molecular weight excluding hydrogens is 354 g/mol. The number of aliphatic hydroxyl groups excluding tert-OH is 1. The van der Waals surface area contributed by atoms with Crippen LogP contribution in [0, 0.1) is 13.8 Å². The monoisotopic (exact) mass is 369 g/mol. The van der Waals surface area contributed by atoms with Crippen LogP contribution in [0.4, 0.5) is 5.69 Å². The maximum atomic E-state index is 12.5. The molecule has 0 radical (unpaired) electrons. The number of benzene rings is 2. The standard InChI is InChI=1S/C15H16BrNO3S/c1-10-3-5-13(6-4-10)17-21(19,20)15-8-12(9-18)7-14(16)11(15)2/h3-8,17-18H,9H2,1-2H3. The van der Waals surface area contributed by atoms with Crippen LogP contribution in [0.15, 0.2) is 45.8 Å². The molecule has 6 heteroatoms. The van der Waals surface area contributed by atoms with Gasteiger partial charge < -0.3 is 5.11 Å². The second-order valence-electron chi connectivity index (χ2n) is 4.83. The van der Waals surface area contributed by atoms with Gasteiger partial charge >= 0.3 is 0 Å². The van der Waals surface area contributed by atoms with E-state index in [1.165, 1.54) is 6.07 Å². The van der Waals surface area contributed by atoms with Crippen LogP contribution in [0.2, 0.25) is 0 Å². The molecule has 0 atom stereocenters. The van der Waals surface area contributed by atoms with Crippen molar-refractivity contribution in [2.24, 2.45) is 0 Å². The van der Waals surface area contributed by atoms with Crippen molar-refractivity contribution in [2.75, 3.05) is 4.72 Å². The third kappa shape index (κ3) is 3.64. The fourth-order valence-electron chi connectivity index (χ4n) is 1.91. The quantitative estimate of drug-likeness (QED) is 0.867. The summed E-state index contributed by atoms with van der Waals surface area (Å²) in [5.41, 5.74) is 2.70. The Morgan fingerprint density at radius 2 is 1.76 bits per heavy atom. The van der Waals surface area contributed by atoms with Crippen molar-refractivity contribution in [3.05, 3.63) is 57.6 Å². The van der Waals surface area contributed by atoms with Crippen molar-refractivity contribution in [3.63, 3.8) is 0 Å². The lowest BCUT2D eigenvalue weighted by Crippen LogP contribution is -2.15. The van der Waals surface area contributed by atoms with Gasteiger partial charge in [-0.05, 0) is 49.2 Å². The number of nitrogens with one attached hydrogen (secondary N) is 1. The summed E-state index contributed by atoms with van der Waals surface area (Å²) in [6.07, 6.45) is 0. The zero-order valence-corrected chi connectivity index (χ0v) is 14.1. The van der Waals surface area contributed by atoms with E-state index < -0.39 is 10.0 Å². The number of hydrogen-bond acceptors (Lipinski definition) is 3. The minimum Gasteiger partial charge on any atom is -0.392 e. The highest BCUT2D eigenvalue weighted by molar-refractivity contribution is 9.10. The van der Waals surface area contributed by atoms with Crippen LogP contribution in [0.25, 0.3) is 0 Å². The summed E-state index contributed by atoms with van der Waals surface area (Å²) >= 11 is 3.32. The molecule has 0 spiro atoms. The van der Waals surface area contributed by atoms with E-state index in [2.05, 4.69) is 20.7 Å². The minimum absolute atomic E-state index is 0.154. The van der Waals surface area contributed by atoms with Crippen LogP contribution >= 0.6 is 15.9 Å². The predicted molar refractivity (Wildman–Crippen MR) is 86.8 cm³/mol. The number of anilines is 1. The Balaban J connectivity index is 2.44. The first-order valence-corrected chi connectivity index (χ1v) is 8.60. The molecule has 2 N–H and O–H groups in total. The number of rotatable bonds is 4. The molecular formula is C15H16BrNO3S. The van der Waals surface area contributed by atoms with Gasteiger partial charge in [-0.15, -0.1) is 0 Å². The second kappa shape index (κ2) is 6.17. The Morgan fingerprint density at radius 1 is 1.14 bits per heavy atom. The first kappa shape index (κ1) is 16.0. The molecule has 2 rings (SSSR count). The average molecular weight is 370 g/mol. The fraction of sp³-hybridized carbons (Fsp3) is 0.200. The lowest BCUT2D eigenvalue weighted by molar-refractivity contribution is 0.281. The van der Waals surface area contributed by atoms with E-state index in [-0.39, 0.29) is 11.5 Å². The van der Waals surface area contributed by atoms with Crippen molar-refractivity contribution < 1.29 is 13.5 Å². The van der Waals surface area contributed by atoms with Gasteiger partial charge in [-0.2, -0.15) is 0 Å². The first-order valence-electron chi connectivity index (χ1n) is 6.33. The van der Waals surface area contributed by atoms with Crippen LogP contribution in [-0.4, -0.2) is 13.5 Å². The molecule has 0 fully saturated rings. The van der Waals surface area contributed by atoms with Crippen LogP contribution < -0.4 is 4.72 Å². The van der Waals surface area contributed by atoms with Gasteiger partial charge in [0.2, 0.25) is 0 Å². The molecule has 112 valence electrons. The SMILES string of the molecule is Cc1ccc(NS(=O)(=O)c2cc(CO)cc(Br)c2C)cc1. The molecule has 0 amide bonds. The molecule has 0 aliphatic carbocycles. The summed E-state index contributed by atoms with van der Waals surface area (Å²) in [5, 5.41) is 9.23. The van der Waals surface area contributed by atoms with E-state index in [1.807, 2.05) is 19.1 Å². The summed E-state index contributed by atoms with van der Waals surface area (Å²) in [4.78, 5) is 0.154. The molecule has 0 saturated heterocycles. The fourth-order valence-corrected chi connectivity index (χ4v) is 3.92. The Kier molecular flexibility index (Phi) is 4.70. The van der Waals surface area contributed by atoms with E-state index in [0.717, 1.165) is 5.56 Å². The average Bonchev–Trinajstić information content (AvgIpc) is 2.43. The lowest BCUT2D eigenvalue weighted by atomic mass is 10.2. The maximum Gasteiger partial charge on any atom is 0.262 e. The Labute approximate surface area is 133 Å². The molecule has 0 saturated carbocycles. The van der Waals surface area contributed by atoms with Gasteiger partial charge in [0.05, 0.1) is 11.5 Å². The molecule has 0 heterocycles. The van der Waals surface area contributed by atoms with Gasteiger partial charge in [-0.3, -0.25) is 4.72 Å². The summed E-state index contributed by atoms with van der Waals surface area (Å²) in [7, 11) is -3.70. The van der Waals surface area contributed by atoms with E-state index in [1.54, 1.807) is 25.1 Å². The van der Waals surface area contributed by atoms with Gasteiger partial charge in [-0.25, -0.2) is 8.42 Å². The zero-order valence-electron chi connectivity index (χ0n) is 11.7. The lowest BCUT2D eigenvalue weighted by Gasteiger charge is -2.13. The number of hydrogen-bond donors (Lipinski definition) is 2. The zero-order chi connectivity index (χ0) is 15.6. The number of aliphatic hydroxyl groups is 1. The van der Waals surface area contributed by atoms with Gasteiger partial charge in [0.1, 0.15) is 0 Å². The van der Waals surface area contributed by atoms with Gasteiger partial charge in [0.25, 0.3) is 10.0 Å². The van der Waals surface area contributed by atoms with Gasteiger partial charge in [0.15, 0.2) is 0 Å². The second-order valence-corrected chi connectivity index (χ2v) is 7.34. The topological polar surface area (TPSA) is 66.4 Å². The molecule has 2 aromatic carbocycles. The highest BCUT2D eigenvalue weighted by Crippen LogP contribution is 2.27. The van der Waals surface area contributed by atoms with Gasteiger partial charge in [-0.1, -0.05) is 33.6 Å². The number of aryl methyl sites for hydroxylation is 1. The summed E-state index contributed by atoms with van der Waals surface area (Å²) in [6.45, 7) is 3.44. The van der Waals surface area contributed by atoms with Crippen LogP contribution in [-0.2, 0) is 16.6 Å². The summed E-state index contributed by atoms with van der Waals surface area (Å²) < 4.78 is 28.2. The number of halogens is 1. The summed E-state index contributed by atoms with van der Waals surface area (Å²) in [5.74, 6) is 0. The summed E-state index contributed by atoms with van der Waals surface area (Å²) in [6, 6.07) is 10.3. The van der Waals surface area contributed by atoms with Gasteiger partial charge in [0, 0.05) is 10.2 Å². The number of sulfonamides is 1. The molecule has 0 aliphatic heterocycles. The maximum absolute atomic E-state index is 12.5. The van der Waals surface area contributed by atoms with Crippen LogP contribution in [0.5, 0.6) is 0 Å². The highest BCUT2D eigenvalue weighted by Gasteiger charge is 2.19. The molecule has 21 heavy (non-hydrogen) atoms. The van der Waals surface area contributed by atoms with Crippen molar-refractivity contribution in [1.82, 2.24) is 0 Å². The van der Waals surface area contributed by atoms with Crippen LogP contribution in [0.1, 0.15) is 16.7 Å². The molecule has 0 bridgehead atoms. The van der Waals surface area contributed by atoms with Crippen molar-refractivity contribution in [2.45, 2.75) is 25.3 Å². The smallest absolute Gasteiger partial charge is 0.262 e. The van der Waals surface area contributed by atoms with Crippen molar-refractivity contribution >= 4 is 31.6 Å². The molecule has 0 unspecified atom stereocenters. The third-order valence-electron chi connectivity index (χ3n) is 3.13. The minimum atomic E-state index is -3.70. The Bertz CT molecular complexity index is 755. The van der Waals surface area contributed by atoms with Crippen LogP contribution in [0.3, 0.4) is 0 Å². The van der Waals surface area contributed by atoms with E-state index in [4.69, 9.17) is 0 Å². The molecule has 4 nitrogen and oxygen atoms in total. The molecule has 2 aromatic rings. The normalized spacial score (nSPS) is 11.4. The molecule has 0 aromatic heterocycles. The third-order valence-corrected chi connectivity index (χ3v) is 5.46. The van der Waals surface area contributed by atoms with Crippen molar-refractivity contribution in [1.29, 1.82) is 0 Å². The molecule has 0 aliphatic rings. The van der Waals surface area contributed by atoms with E-state index in [0.29, 0.717) is 21.3 Å². The largest absolute Gasteiger partial charge is 0.392 e. The van der Waals surface area contributed by atoms with E-state index in [9.17, 15) is 13.5 Å². The first-order chi connectivity index (χ1) is 9.83. The highest BCUT2D eigenvalue weighted by atomic mass is 79.9.